The van der Waals surface area contributed by atoms with E-state index in [2.05, 4.69) is 56.1 Å². The third-order valence-electron chi connectivity index (χ3n) is 7.13. The molecule has 1 saturated carbocycles. The van der Waals surface area contributed by atoms with E-state index in [4.69, 9.17) is 10.7 Å². The molecule has 1 aromatic carbocycles. The van der Waals surface area contributed by atoms with E-state index in [1.54, 1.807) is 0 Å². The normalized spacial score (nSPS) is 19.0. The van der Waals surface area contributed by atoms with Crippen molar-refractivity contribution in [3.63, 3.8) is 0 Å². The molecule has 1 amide bonds. The first-order chi connectivity index (χ1) is 16.0. The third-order valence-corrected chi connectivity index (χ3v) is 7.93. The molecule has 1 atom stereocenters. The van der Waals surface area contributed by atoms with E-state index in [0.717, 1.165) is 59.1 Å². The van der Waals surface area contributed by atoms with Crippen molar-refractivity contribution >= 4 is 38.4 Å². The lowest BCUT2D eigenvalue weighted by Gasteiger charge is -2.30. The first-order valence-electron chi connectivity index (χ1n) is 11.8. The molecule has 33 heavy (non-hydrogen) atoms. The molecular formula is C26H28BrN5O. The monoisotopic (exact) mass is 505 g/mol. The number of fused-ring (bicyclic) bond motifs is 2. The van der Waals surface area contributed by atoms with Gasteiger partial charge < -0.3 is 19.6 Å². The van der Waals surface area contributed by atoms with Gasteiger partial charge in [-0.2, -0.15) is 0 Å². The Morgan fingerprint density at radius 1 is 1.21 bits per heavy atom. The largest absolute Gasteiger partial charge is 0.338 e. The number of nitrogens with zero attached hydrogens (tertiary/aromatic N) is 4. The molecule has 0 spiro atoms. The quantitative estimate of drug-likeness (QED) is 0.424. The Labute approximate surface area is 201 Å². The summed E-state index contributed by atoms with van der Waals surface area (Å²) in [5.74, 6) is 0.780. The molecule has 4 aromatic rings. The number of likely N-dealkylation sites (tertiary alicyclic amines) is 1. The van der Waals surface area contributed by atoms with Crippen LogP contribution in [0.15, 0.2) is 47.1 Å². The van der Waals surface area contributed by atoms with Crippen LogP contribution < -0.4 is 5.73 Å². The Morgan fingerprint density at radius 2 is 2.03 bits per heavy atom. The number of hydrogen-bond acceptors (Lipinski definition) is 3. The van der Waals surface area contributed by atoms with Crippen molar-refractivity contribution in [2.75, 3.05) is 13.1 Å². The third kappa shape index (κ3) is 3.58. The van der Waals surface area contributed by atoms with Crippen molar-refractivity contribution in [3.05, 3.63) is 58.3 Å². The van der Waals surface area contributed by atoms with Gasteiger partial charge in [0.1, 0.15) is 11.3 Å². The highest BCUT2D eigenvalue weighted by atomic mass is 79.9. The summed E-state index contributed by atoms with van der Waals surface area (Å²) < 4.78 is 5.59. The topological polar surface area (TPSA) is 68.6 Å². The van der Waals surface area contributed by atoms with Crippen molar-refractivity contribution < 1.29 is 4.79 Å². The van der Waals surface area contributed by atoms with Gasteiger partial charge >= 0.3 is 0 Å². The molecule has 170 valence electrons. The molecule has 6 rings (SSSR count). The maximum atomic E-state index is 13.1. The molecule has 6 nitrogen and oxygen atoms in total. The molecule has 1 aliphatic carbocycles. The lowest BCUT2D eigenvalue weighted by Crippen LogP contribution is -2.45. The standard InChI is InChI=1S/C26H28BrN5O/c1-16-24(25-23(27)20-6-2-3-7-21(20)32(25)14-17-8-9-17)29-22-13-18(10-12-31(16)22)26(33)30-11-4-5-19(28)15-30/h2-3,6-7,10,12-13,17,19H,4-5,8-9,11,14-15,28H2,1H3/t19-/m1/s1. The lowest BCUT2D eigenvalue weighted by molar-refractivity contribution is 0.0709. The number of para-hydroxylation sites is 1. The zero-order chi connectivity index (χ0) is 22.7. The molecule has 1 aliphatic heterocycles. The van der Waals surface area contributed by atoms with Crippen LogP contribution in [-0.2, 0) is 6.54 Å². The molecule has 1 saturated heterocycles. The van der Waals surface area contributed by atoms with Gasteiger partial charge in [-0.1, -0.05) is 18.2 Å². The van der Waals surface area contributed by atoms with Crippen LogP contribution in [0.5, 0.6) is 0 Å². The summed E-state index contributed by atoms with van der Waals surface area (Å²) in [6.45, 7) is 4.50. The minimum absolute atomic E-state index is 0.0406. The van der Waals surface area contributed by atoms with Gasteiger partial charge in [0.15, 0.2) is 0 Å². The fourth-order valence-corrected chi connectivity index (χ4v) is 5.88. The van der Waals surface area contributed by atoms with Gasteiger partial charge in [0.25, 0.3) is 5.91 Å². The molecule has 2 N–H and O–H groups in total. The van der Waals surface area contributed by atoms with E-state index >= 15 is 0 Å². The van der Waals surface area contributed by atoms with E-state index in [1.165, 1.54) is 23.7 Å². The molecule has 4 heterocycles. The number of imidazole rings is 1. The van der Waals surface area contributed by atoms with Crippen LogP contribution in [0.1, 0.15) is 41.7 Å². The molecule has 0 radical (unpaired) electrons. The summed E-state index contributed by atoms with van der Waals surface area (Å²) in [6.07, 6.45) is 6.50. The van der Waals surface area contributed by atoms with Crippen molar-refractivity contribution in [3.8, 4) is 11.4 Å². The van der Waals surface area contributed by atoms with Crippen LogP contribution in [0.4, 0.5) is 0 Å². The number of carbonyl (C=O) groups is 1. The number of aromatic nitrogens is 3. The van der Waals surface area contributed by atoms with Crippen molar-refractivity contribution in [2.24, 2.45) is 11.7 Å². The maximum absolute atomic E-state index is 13.1. The Kier molecular flexibility index (Phi) is 5.07. The highest BCUT2D eigenvalue weighted by Crippen LogP contribution is 2.41. The van der Waals surface area contributed by atoms with Gasteiger partial charge in [-0.3, -0.25) is 4.79 Å². The summed E-state index contributed by atoms with van der Waals surface area (Å²) in [5, 5.41) is 1.21. The number of piperidine rings is 1. The molecule has 0 unspecified atom stereocenters. The minimum Gasteiger partial charge on any atom is -0.338 e. The molecule has 0 bridgehead atoms. The van der Waals surface area contributed by atoms with Crippen molar-refractivity contribution in [2.45, 2.75) is 45.2 Å². The first kappa shape index (κ1) is 20.9. The number of pyridine rings is 1. The zero-order valence-electron chi connectivity index (χ0n) is 18.8. The number of rotatable bonds is 4. The summed E-state index contributed by atoms with van der Waals surface area (Å²) in [5.41, 5.74) is 12.0. The minimum atomic E-state index is 0.0406. The van der Waals surface area contributed by atoms with Gasteiger partial charge in [-0.25, -0.2) is 4.98 Å². The second-order valence-electron chi connectivity index (χ2n) is 9.58. The predicted octanol–water partition coefficient (Wildman–Crippen LogP) is 5.00. The van der Waals surface area contributed by atoms with Crippen LogP contribution in [0.2, 0.25) is 0 Å². The van der Waals surface area contributed by atoms with Gasteiger partial charge in [0.05, 0.1) is 10.2 Å². The highest BCUT2D eigenvalue weighted by Gasteiger charge is 2.28. The lowest BCUT2D eigenvalue weighted by atomic mass is 10.1. The summed E-state index contributed by atoms with van der Waals surface area (Å²) in [4.78, 5) is 20.0. The number of amides is 1. The van der Waals surface area contributed by atoms with E-state index in [1.807, 2.05) is 23.2 Å². The highest BCUT2D eigenvalue weighted by molar-refractivity contribution is 9.10. The Hall–Kier alpha value is -2.64. The van der Waals surface area contributed by atoms with Crippen LogP contribution in [0, 0.1) is 12.8 Å². The summed E-state index contributed by atoms with van der Waals surface area (Å²) in [6, 6.07) is 12.4. The van der Waals surface area contributed by atoms with Gasteiger partial charge in [-0.05, 0) is 72.7 Å². The fraction of sp³-hybridized carbons (Fsp3) is 0.385. The van der Waals surface area contributed by atoms with Crippen LogP contribution >= 0.6 is 15.9 Å². The Balaban J connectivity index is 1.45. The van der Waals surface area contributed by atoms with E-state index in [-0.39, 0.29) is 11.9 Å². The zero-order valence-corrected chi connectivity index (χ0v) is 20.4. The first-order valence-corrected chi connectivity index (χ1v) is 12.6. The van der Waals surface area contributed by atoms with E-state index in [9.17, 15) is 4.79 Å². The Bertz CT molecular complexity index is 1380. The molecule has 7 heteroatoms. The van der Waals surface area contributed by atoms with Gasteiger partial charge in [0, 0.05) is 54.0 Å². The second-order valence-corrected chi connectivity index (χ2v) is 10.4. The van der Waals surface area contributed by atoms with Gasteiger partial charge in [0.2, 0.25) is 0 Å². The van der Waals surface area contributed by atoms with Crippen molar-refractivity contribution in [1.29, 1.82) is 0 Å². The summed E-state index contributed by atoms with van der Waals surface area (Å²) >= 11 is 3.89. The van der Waals surface area contributed by atoms with Crippen molar-refractivity contribution in [1.82, 2.24) is 18.9 Å². The second kappa shape index (κ2) is 7.99. The number of carbonyl (C=O) groups excluding carboxylic acids is 1. The Morgan fingerprint density at radius 3 is 2.82 bits per heavy atom. The molecule has 2 fully saturated rings. The number of nitrogens with two attached hydrogens (primary N) is 1. The fourth-order valence-electron chi connectivity index (χ4n) is 5.14. The number of halogens is 1. The van der Waals surface area contributed by atoms with E-state index in [0.29, 0.717) is 12.1 Å². The average molecular weight is 506 g/mol. The maximum Gasteiger partial charge on any atom is 0.254 e. The SMILES string of the molecule is Cc1c(-c2c(Br)c3ccccc3n2CC2CC2)nc2cc(C(=O)N3CCC[C@@H](N)C3)ccn12. The molecule has 3 aromatic heterocycles. The average Bonchev–Trinajstić information content (AvgIpc) is 3.54. The van der Waals surface area contributed by atoms with Gasteiger partial charge in [-0.15, -0.1) is 0 Å². The van der Waals surface area contributed by atoms with E-state index < -0.39 is 0 Å². The van der Waals surface area contributed by atoms with Crippen LogP contribution in [0.3, 0.4) is 0 Å². The van der Waals surface area contributed by atoms with Crippen LogP contribution in [0.25, 0.3) is 27.9 Å². The van der Waals surface area contributed by atoms with Crippen LogP contribution in [-0.4, -0.2) is 43.9 Å². The number of hydrogen-bond donors (Lipinski definition) is 1. The summed E-state index contributed by atoms with van der Waals surface area (Å²) in [7, 11) is 0. The predicted molar refractivity (Wildman–Crippen MR) is 134 cm³/mol. The molecule has 2 aliphatic rings. The molecular weight excluding hydrogens is 478 g/mol. The number of benzene rings is 1. The number of aryl methyl sites for hydroxylation is 1. The smallest absolute Gasteiger partial charge is 0.254 e.